The zero-order valence-corrected chi connectivity index (χ0v) is 13.8. The van der Waals surface area contributed by atoms with Gasteiger partial charge in [-0.3, -0.25) is 4.99 Å². The Kier molecular flexibility index (Phi) is 5.26. The van der Waals surface area contributed by atoms with Gasteiger partial charge in [0.05, 0.1) is 6.61 Å². The van der Waals surface area contributed by atoms with Crippen molar-refractivity contribution in [3.8, 4) is 5.75 Å². The SMILES string of the molecule is CCOC(=O)C1CCC(c2ccc(OCc3ccccc3)cc2)=N1. The second kappa shape index (κ2) is 7.77. The van der Waals surface area contributed by atoms with Gasteiger partial charge in [0.2, 0.25) is 0 Å². The van der Waals surface area contributed by atoms with Gasteiger partial charge in [-0.25, -0.2) is 4.79 Å². The van der Waals surface area contributed by atoms with E-state index >= 15 is 0 Å². The Hall–Kier alpha value is -2.62. The van der Waals surface area contributed by atoms with Gasteiger partial charge >= 0.3 is 5.97 Å². The van der Waals surface area contributed by atoms with Crippen molar-refractivity contribution < 1.29 is 14.3 Å². The number of hydrogen-bond acceptors (Lipinski definition) is 4. The summed E-state index contributed by atoms with van der Waals surface area (Å²) < 4.78 is 10.8. The highest BCUT2D eigenvalue weighted by Gasteiger charge is 2.25. The number of benzene rings is 2. The zero-order valence-electron chi connectivity index (χ0n) is 13.8. The van der Waals surface area contributed by atoms with Crippen molar-refractivity contribution in [2.75, 3.05) is 6.61 Å². The summed E-state index contributed by atoms with van der Waals surface area (Å²) in [6.07, 6.45) is 1.52. The first kappa shape index (κ1) is 16.2. The average Bonchev–Trinajstić information content (AvgIpc) is 3.12. The molecular formula is C20H21NO3. The average molecular weight is 323 g/mol. The molecule has 0 aromatic heterocycles. The van der Waals surface area contributed by atoms with Crippen LogP contribution in [0.3, 0.4) is 0 Å². The molecule has 0 bridgehead atoms. The number of esters is 1. The van der Waals surface area contributed by atoms with E-state index in [1.165, 1.54) is 0 Å². The van der Waals surface area contributed by atoms with E-state index in [0.717, 1.165) is 35.4 Å². The number of carbonyl (C=O) groups excluding carboxylic acids is 1. The molecule has 1 aliphatic rings. The number of carbonyl (C=O) groups is 1. The molecule has 1 atom stereocenters. The molecule has 0 amide bonds. The molecule has 0 aliphatic carbocycles. The topological polar surface area (TPSA) is 47.9 Å². The van der Waals surface area contributed by atoms with E-state index in [0.29, 0.717) is 13.2 Å². The predicted octanol–water partition coefficient (Wildman–Crippen LogP) is 3.78. The van der Waals surface area contributed by atoms with Crippen molar-refractivity contribution in [3.63, 3.8) is 0 Å². The van der Waals surface area contributed by atoms with E-state index in [-0.39, 0.29) is 12.0 Å². The molecule has 0 spiro atoms. The minimum atomic E-state index is -0.353. The lowest BCUT2D eigenvalue weighted by molar-refractivity contribution is -0.144. The Bertz CT molecular complexity index is 707. The smallest absolute Gasteiger partial charge is 0.330 e. The molecule has 24 heavy (non-hydrogen) atoms. The number of hydrogen-bond donors (Lipinski definition) is 0. The van der Waals surface area contributed by atoms with E-state index in [9.17, 15) is 4.79 Å². The van der Waals surface area contributed by atoms with Gasteiger partial charge in [0.25, 0.3) is 0 Å². The number of aliphatic imine (C=N–C) groups is 1. The van der Waals surface area contributed by atoms with Gasteiger partial charge in [-0.15, -0.1) is 0 Å². The van der Waals surface area contributed by atoms with Gasteiger partial charge < -0.3 is 9.47 Å². The summed E-state index contributed by atoms with van der Waals surface area (Å²) in [5, 5.41) is 0. The third kappa shape index (κ3) is 4.02. The van der Waals surface area contributed by atoms with Crippen molar-refractivity contribution in [2.45, 2.75) is 32.4 Å². The fourth-order valence-electron chi connectivity index (χ4n) is 2.70. The molecule has 1 aliphatic heterocycles. The highest BCUT2D eigenvalue weighted by Crippen LogP contribution is 2.22. The van der Waals surface area contributed by atoms with Gasteiger partial charge in [0.1, 0.15) is 18.4 Å². The van der Waals surface area contributed by atoms with Gasteiger partial charge in [0.15, 0.2) is 0 Å². The Morgan fingerprint density at radius 3 is 2.58 bits per heavy atom. The molecule has 2 aromatic rings. The second-order valence-electron chi connectivity index (χ2n) is 5.68. The van der Waals surface area contributed by atoms with Crippen LogP contribution in [0.15, 0.2) is 59.6 Å². The molecule has 3 rings (SSSR count). The Balaban J connectivity index is 1.60. The summed E-state index contributed by atoms with van der Waals surface area (Å²) in [6, 6.07) is 17.6. The Morgan fingerprint density at radius 1 is 1.12 bits per heavy atom. The molecule has 4 nitrogen and oxygen atoms in total. The molecule has 0 N–H and O–H groups in total. The summed E-state index contributed by atoms with van der Waals surface area (Å²) in [5.41, 5.74) is 3.13. The Labute approximate surface area is 142 Å². The molecule has 1 heterocycles. The zero-order chi connectivity index (χ0) is 16.8. The molecule has 0 radical (unpaired) electrons. The monoisotopic (exact) mass is 323 g/mol. The first-order valence-corrected chi connectivity index (χ1v) is 8.26. The van der Waals surface area contributed by atoms with Crippen LogP contribution in [0, 0.1) is 0 Å². The van der Waals surface area contributed by atoms with Crippen LogP contribution in [0.5, 0.6) is 5.75 Å². The van der Waals surface area contributed by atoms with Crippen LogP contribution in [0.25, 0.3) is 0 Å². The van der Waals surface area contributed by atoms with Crippen molar-refractivity contribution in [2.24, 2.45) is 4.99 Å². The summed E-state index contributed by atoms with van der Waals surface area (Å²) in [7, 11) is 0. The maximum atomic E-state index is 11.7. The molecule has 124 valence electrons. The predicted molar refractivity (Wildman–Crippen MR) is 93.4 cm³/mol. The standard InChI is InChI=1S/C20H21NO3/c1-2-23-20(22)19-13-12-18(21-19)16-8-10-17(11-9-16)24-14-15-6-4-3-5-7-15/h3-11,19H,2,12-14H2,1H3. The number of ether oxygens (including phenoxy) is 2. The van der Waals surface area contributed by atoms with Crippen LogP contribution >= 0.6 is 0 Å². The Morgan fingerprint density at radius 2 is 1.88 bits per heavy atom. The lowest BCUT2D eigenvalue weighted by Gasteiger charge is -2.07. The first-order valence-electron chi connectivity index (χ1n) is 8.26. The lowest BCUT2D eigenvalue weighted by atomic mass is 10.1. The minimum Gasteiger partial charge on any atom is -0.489 e. The second-order valence-corrected chi connectivity index (χ2v) is 5.68. The van der Waals surface area contributed by atoms with Gasteiger partial charge in [-0.2, -0.15) is 0 Å². The van der Waals surface area contributed by atoms with Crippen LogP contribution in [-0.2, 0) is 16.1 Å². The maximum absolute atomic E-state index is 11.7. The van der Waals surface area contributed by atoms with Crippen molar-refractivity contribution >= 4 is 11.7 Å². The molecular weight excluding hydrogens is 302 g/mol. The highest BCUT2D eigenvalue weighted by atomic mass is 16.5. The summed E-state index contributed by atoms with van der Waals surface area (Å²) in [6.45, 7) is 2.76. The molecule has 2 aromatic carbocycles. The highest BCUT2D eigenvalue weighted by molar-refractivity contribution is 6.03. The van der Waals surface area contributed by atoms with Crippen LogP contribution in [0.1, 0.15) is 30.9 Å². The van der Waals surface area contributed by atoms with E-state index in [2.05, 4.69) is 4.99 Å². The maximum Gasteiger partial charge on any atom is 0.330 e. The third-order valence-corrected chi connectivity index (χ3v) is 3.96. The van der Waals surface area contributed by atoms with Crippen LogP contribution in [0.4, 0.5) is 0 Å². The van der Waals surface area contributed by atoms with Crippen LogP contribution in [-0.4, -0.2) is 24.3 Å². The van der Waals surface area contributed by atoms with E-state index in [1.54, 1.807) is 0 Å². The van der Waals surface area contributed by atoms with Crippen molar-refractivity contribution in [3.05, 3.63) is 65.7 Å². The van der Waals surface area contributed by atoms with E-state index in [1.807, 2.05) is 61.5 Å². The van der Waals surface area contributed by atoms with Gasteiger partial charge in [-0.1, -0.05) is 30.3 Å². The van der Waals surface area contributed by atoms with Crippen LogP contribution in [0.2, 0.25) is 0 Å². The first-order chi connectivity index (χ1) is 11.8. The number of nitrogens with zero attached hydrogens (tertiary/aromatic N) is 1. The van der Waals surface area contributed by atoms with E-state index < -0.39 is 0 Å². The minimum absolute atomic E-state index is 0.227. The van der Waals surface area contributed by atoms with Crippen molar-refractivity contribution in [1.82, 2.24) is 0 Å². The summed E-state index contributed by atoms with van der Waals surface area (Å²) >= 11 is 0. The van der Waals surface area contributed by atoms with Crippen molar-refractivity contribution in [1.29, 1.82) is 0 Å². The largest absolute Gasteiger partial charge is 0.489 e. The number of rotatable bonds is 6. The lowest BCUT2D eigenvalue weighted by Crippen LogP contribution is -2.18. The van der Waals surface area contributed by atoms with Crippen LogP contribution < -0.4 is 4.74 Å². The van der Waals surface area contributed by atoms with E-state index in [4.69, 9.17) is 9.47 Å². The van der Waals surface area contributed by atoms with Gasteiger partial charge in [-0.05, 0) is 55.2 Å². The normalized spacial score (nSPS) is 16.5. The molecule has 0 fully saturated rings. The molecule has 0 saturated heterocycles. The summed E-state index contributed by atoms with van der Waals surface area (Å²) in [5.74, 6) is 0.596. The fourth-order valence-corrected chi connectivity index (χ4v) is 2.70. The molecule has 1 unspecified atom stereocenters. The van der Waals surface area contributed by atoms with Gasteiger partial charge in [0, 0.05) is 5.71 Å². The quantitative estimate of drug-likeness (QED) is 0.760. The molecule has 4 heteroatoms. The fraction of sp³-hybridized carbons (Fsp3) is 0.300. The molecule has 0 saturated carbocycles. The third-order valence-electron chi connectivity index (χ3n) is 3.96. The summed E-state index contributed by atoms with van der Waals surface area (Å²) in [4.78, 5) is 16.2.